The third-order valence-corrected chi connectivity index (χ3v) is 3.16. The second-order valence-electron chi connectivity index (χ2n) is 4.27. The van der Waals surface area contributed by atoms with Crippen LogP contribution >= 0.6 is 17.0 Å². The Balaban J connectivity index is 0.00000162. The quantitative estimate of drug-likeness (QED) is 0.917. The number of rotatable bonds is 4. The third-order valence-electron chi connectivity index (χ3n) is 3.16. The molecule has 1 N–H and O–H groups in total. The fraction of sp³-hybridized carbons (Fsp3) is 0.538. The van der Waals surface area contributed by atoms with Crippen LogP contribution in [-0.4, -0.2) is 44.7 Å². The van der Waals surface area contributed by atoms with E-state index in [1.807, 2.05) is 6.07 Å². The van der Waals surface area contributed by atoms with Gasteiger partial charge in [0.05, 0.1) is 7.11 Å². The molecule has 1 aromatic rings. The number of nitrogens with zero attached hydrogens (tertiary/aromatic N) is 1. The van der Waals surface area contributed by atoms with Crippen LogP contribution in [0.5, 0.6) is 5.75 Å². The van der Waals surface area contributed by atoms with E-state index in [1.165, 1.54) is 13.2 Å². The van der Waals surface area contributed by atoms with Gasteiger partial charge in [0.1, 0.15) is 0 Å². The van der Waals surface area contributed by atoms with Crippen molar-refractivity contribution in [2.24, 2.45) is 0 Å². The molecule has 1 heterocycles. The molecule has 0 saturated carbocycles. The van der Waals surface area contributed by atoms with Crippen molar-refractivity contribution >= 4 is 17.0 Å². The minimum Gasteiger partial charge on any atom is -0.493 e. The van der Waals surface area contributed by atoms with Crippen molar-refractivity contribution in [2.45, 2.75) is 6.42 Å². The van der Waals surface area contributed by atoms with Crippen molar-refractivity contribution < 1.29 is 9.13 Å². The molecular weight excluding hydrogens is 299 g/mol. The topological polar surface area (TPSA) is 24.5 Å². The second kappa shape index (κ2) is 7.71. The average molecular weight is 319 g/mol. The Bertz CT molecular complexity index is 370. The minimum atomic E-state index is -0.273. The summed E-state index contributed by atoms with van der Waals surface area (Å²) in [5.41, 5.74) is 0.950. The lowest BCUT2D eigenvalue weighted by molar-refractivity contribution is 0.242. The molecule has 2 rings (SSSR count). The number of benzene rings is 1. The van der Waals surface area contributed by atoms with Gasteiger partial charge in [-0.05, 0) is 18.1 Å². The summed E-state index contributed by atoms with van der Waals surface area (Å²) in [6, 6.07) is 5.11. The molecule has 0 bridgehead atoms. The molecule has 0 radical (unpaired) electrons. The monoisotopic (exact) mass is 318 g/mol. The van der Waals surface area contributed by atoms with Crippen LogP contribution in [0.1, 0.15) is 5.56 Å². The van der Waals surface area contributed by atoms with Crippen LogP contribution in [0.3, 0.4) is 0 Å². The summed E-state index contributed by atoms with van der Waals surface area (Å²) in [5, 5.41) is 3.32. The summed E-state index contributed by atoms with van der Waals surface area (Å²) in [5.74, 6) is 0.118. The molecular formula is C13H20BrFN2O. The van der Waals surface area contributed by atoms with Gasteiger partial charge in [0.15, 0.2) is 11.6 Å². The van der Waals surface area contributed by atoms with E-state index in [0.717, 1.165) is 44.7 Å². The highest BCUT2D eigenvalue weighted by atomic mass is 79.9. The zero-order valence-corrected chi connectivity index (χ0v) is 12.3. The molecule has 3 nitrogen and oxygen atoms in total. The van der Waals surface area contributed by atoms with Crippen LogP contribution in [0.15, 0.2) is 18.2 Å². The van der Waals surface area contributed by atoms with E-state index in [-0.39, 0.29) is 22.8 Å². The number of nitrogens with one attached hydrogen (secondary N) is 1. The van der Waals surface area contributed by atoms with Crippen molar-refractivity contribution in [3.05, 3.63) is 29.6 Å². The fourth-order valence-corrected chi connectivity index (χ4v) is 2.19. The summed E-state index contributed by atoms with van der Waals surface area (Å²) in [7, 11) is 1.52. The lowest BCUT2D eigenvalue weighted by atomic mass is 10.1. The molecule has 1 aliphatic heterocycles. The average Bonchev–Trinajstić information content (AvgIpc) is 2.37. The van der Waals surface area contributed by atoms with E-state index in [2.05, 4.69) is 10.2 Å². The molecule has 1 saturated heterocycles. The van der Waals surface area contributed by atoms with Crippen LogP contribution in [0.2, 0.25) is 0 Å². The molecule has 18 heavy (non-hydrogen) atoms. The van der Waals surface area contributed by atoms with Crippen molar-refractivity contribution in [3.63, 3.8) is 0 Å². The Morgan fingerprint density at radius 2 is 2.06 bits per heavy atom. The Hall–Kier alpha value is -0.650. The van der Waals surface area contributed by atoms with E-state index >= 15 is 0 Å². The highest BCUT2D eigenvalue weighted by molar-refractivity contribution is 8.93. The first-order chi connectivity index (χ1) is 8.31. The second-order valence-corrected chi connectivity index (χ2v) is 4.27. The summed E-state index contributed by atoms with van der Waals surface area (Å²) >= 11 is 0. The third kappa shape index (κ3) is 3.93. The molecule has 1 aliphatic rings. The number of methoxy groups -OCH3 is 1. The largest absolute Gasteiger partial charge is 0.493 e. The van der Waals surface area contributed by atoms with Gasteiger partial charge in [0.2, 0.25) is 0 Å². The van der Waals surface area contributed by atoms with Crippen molar-refractivity contribution in [1.82, 2.24) is 10.2 Å². The molecule has 1 aromatic carbocycles. The lowest BCUT2D eigenvalue weighted by Gasteiger charge is -2.27. The number of halogens is 2. The van der Waals surface area contributed by atoms with E-state index < -0.39 is 0 Å². The van der Waals surface area contributed by atoms with E-state index in [9.17, 15) is 4.39 Å². The van der Waals surface area contributed by atoms with Crippen LogP contribution < -0.4 is 10.1 Å². The molecule has 0 spiro atoms. The number of hydrogen-bond donors (Lipinski definition) is 1. The maximum atomic E-state index is 13.5. The molecule has 0 aromatic heterocycles. The van der Waals surface area contributed by atoms with Gasteiger partial charge in [0.25, 0.3) is 0 Å². The zero-order valence-electron chi connectivity index (χ0n) is 10.6. The summed E-state index contributed by atoms with van der Waals surface area (Å²) in [4.78, 5) is 2.39. The Labute approximate surface area is 118 Å². The molecule has 0 amide bonds. The number of para-hydroxylation sites is 1. The fourth-order valence-electron chi connectivity index (χ4n) is 2.19. The van der Waals surface area contributed by atoms with E-state index in [4.69, 9.17) is 4.74 Å². The van der Waals surface area contributed by atoms with Crippen LogP contribution in [0, 0.1) is 5.82 Å². The van der Waals surface area contributed by atoms with Gasteiger partial charge in [-0.3, -0.25) is 0 Å². The van der Waals surface area contributed by atoms with Gasteiger partial charge in [-0.1, -0.05) is 12.1 Å². The molecule has 5 heteroatoms. The number of ether oxygens (including phenoxy) is 1. The van der Waals surface area contributed by atoms with Gasteiger partial charge in [-0.25, -0.2) is 4.39 Å². The zero-order chi connectivity index (χ0) is 12.1. The predicted octanol–water partition coefficient (Wildman–Crippen LogP) is 1.86. The van der Waals surface area contributed by atoms with E-state index in [1.54, 1.807) is 6.07 Å². The first kappa shape index (κ1) is 15.4. The van der Waals surface area contributed by atoms with Crippen molar-refractivity contribution in [1.29, 1.82) is 0 Å². The molecule has 0 atom stereocenters. The summed E-state index contributed by atoms with van der Waals surface area (Å²) < 4.78 is 18.6. The number of piperazine rings is 1. The summed E-state index contributed by atoms with van der Waals surface area (Å²) in [6.07, 6.45) is 0.834. The predicted molar refractivity (Wildman–Crippen MR) is 76.3 cm³/mol. The SMILES string of the molecule is Br.COc1c(F)cccc1CCN1CCNCC1. The van der Waals surface area contributed by atoms with Crippen LogP contribution in [0.25, 0.3) is 0 Å². The standard InChI is InChI=1S/C13H19FN2O.BrH/c1-17-13-11(3-2-4-12(13)14)5-8-16-9-6-15-7-10-16;/h2-4,15H,5-10H2,1H3;1H. The van der Waals surface area contributed by atoms with E-state index in [0.29, 0.717) is 5.75 Å². The molecule has 1 fully saturated rings. The highest BCUT2D eigenvalue weighted by Crippen LogP contribution is 2.22. The normalized spacial score (nSPS) is 16.1. The molecule has 102 valence electrons. The molecule has 0 aliphatic carbocycles. The maximum absolute atomic E-state index is 13.5. The maximum Gasteiger partial charge on any atom is 0.165 e. The Morgan fingerprint density at radius 3 is 2.72 bits per heavy atom. The molecule has 0 unspecified atom stereocenters. The summed E-state index contributed by atoms with van der Waals surface area (Å²) in [6.45, 7) is 5.18. The van der Waals surface area contributed by atoms with Crippen LogP contribution in [-0.2, 0) is 6.42 Å². The first-order valence-corrected chi connectivity index (χ1v) is 6.05. The first-order valence-electron chi connectivity index (χ1n) is 6.05. The van der Waals surface area contributed by atoms with Crippen LogP contribution in [0.4, 0.5) is 4.39 Å². The Kier molecular flexibility index (Phi) is 6.60. The van der Waals surface area contributed by atoms with Gasteiger partial charge in [-0.2, -0.15) is 0 Å². The minimum absolute atomic E-state index is 0. The van der Waals surface area contributed by atoms with Crippen molar-refractivity contribution in [2.75, 3.05) is 39.8 Å². The number of hydrogen-bond acceptors (Lipinski definition) is 3. The van der Waals surface area contributed by atoms with Crippen molar-refractivity contribution in [3.8, 4) is 5.75 Å². The smallest absolute Gasteiger partial charge is 0.165 e. The van der Waals surface area contributed by atoms with Gasteiger partial charge in [-0.15, -0.1) is 17.0 Å². The van der Waals surface area contributed by atoms with Gasteiger partial charge >= 0.3 is 0 Å². The lowest BCUT2D eigenvalue weighted by Crippen LogP contribution is -2.44. The van der Waals surface area contributed by atoms with Gasteiger partial charge in [0, 0.05) is 32.7 Å². The Morgan fingerprint density at radius 1 is 1.33 bits per heavy atom. The van der Waals surface area contributed by atoms with Gasteiger partial charge < -0.3 is 15.0 Å². The highest BCUT2D eigenvalue weighted by Gasteiger charge is 2.12.